The summed E-state index contributed by atoms with van der Waals surface area (Å²) in [7, 11) is 0. The van der Waals surface area contributed by atoms with Crippen molar-refractivity contribution < 1.29 is 4.74 Å². The van der Waals surface area contributed by atoms with E-state index < -0.39 is 0 Å². The molecule has 1 aromatic carbocycles. The molecule has 1 N–H and O–H groups in total. The van der Waals surface area contributed by atoms with E-state index in [4.69, 9.17) is 4.74 Å². The molecule has 0 bridgehead atoms. The van der Waals surface area contributed by atoms with Crippen LogP contribution in [0.5, 0.6) is 0 Å². The van der Waals surface area contributed by atoms with Gasteiger partial charge in [-0.05, 0) is 38.4 Å². The minimum atomic E-state index is 0.458. The number of nitrogens with zero attached hydrogens (tertiary/aromatic N) is 1. The Morgan fingerprint density at radius 2 is 2.11 bits per heavy atom. The second kappa shape index (κ2) is 7.51. The molecule has 1 aromatic rings. The average Bonchev–Trinajstić information content (AvgIpc) is 2.93. The fraction of sp³-hybridized carbons (Fsp3) is 0.625. The Hall–Kier alpha value is -1.06. The molecule has 0 amide bonds. The smallest absolute Gasteiger partial charge is 0.0702 e. The van der Waals surface area contributed by atoms with Crippen LogP contribution in [-0.4, -0.2) is 43.8 Å². The third-order valence-electron chi connectivity index (χ3n) is 3.74. The Kier molecular flexibility index (Phi) is 5.67. The maximum absolute atomic E-state index is 5.70. The lowest BCUT2D eigenvalue weighted by Crippen LogP contribution is -2.35. The van der Waals surface area contributed by atoms with Crippen LogP contribution in [0.2, 0.25) is 0 Å². The average molecular weight is 262 g/mol. The standard InChI is InChI=1S/C16H26N2O/c1-3-18(13-16-5-4-12-19-16)11-10-17-15-8-6-14(2)7-9-15/h6-9,16-17H,3-5,10-13H2,1-2H3. The molecule has 1 aliphatic heterocycles. The Morgan fingerprint density at radius 3 is 2.74 bits per heavy atom. The number of benzene rings is 1. The molecule has 1 atom stereocenters. The summed E-state index contributed by atoms with van der Waals surface area (Å²) in [6.07, 6.45) is 2.91. The molecule has 3 heteroatoms. The SMILES string of the molecule is CCN(CCNc1ccc(C)cc1)CC1CCCO1. The summed E-state index contributed by atoms with van der Waals surface area (Å²) in [5, 5.41) is 3.48. The molecule has 1 aliphatic rings. The molecule has 1 heterocycles. The molecule has 2 rings (SSSR count). The van der Waals surface area contributed by atoms with Gasteiger partial charge in [0.1, 0.15) is 0 Å². The first-order valence-corrected chi connectivity index (χ1v) is 7.42. The quantitative estimate of drug-likeness (QED) is 0.817. The van der Waals surface area contributed by atoms with Gasteiger partial charge in [0.25, 0.3) is 0 Å². The van der Waals surface area contributed by atoms with Crippen LogP contribution in [0.25, 0.3) is 0 Å². The van der Waals surface area contributed by atoms with Crippen molar-refractivity contribution in [1.29, 1.82) is 0 Å². The van der Waals surface area contributed by atoms with Crippen LogP contribution in [-0.2, 0) is 4.74 Å². The van der Waals surface area contributed by atoms with Crippen LogP contribution in [0.3, 0.4) is 0 Å². The van der Waals surface area contributed by atoms with E-state index in [-0.39, 0.29) is 0 Å². The van der Waals surface area contributed by atoms with Crippen LogP contribution in [0.15, 0.2) is 24.3 Å². The molecular weight excluding hydrogens is 236 g/mol. The monoisotopic (exact) mass is 262 g/mol. The van der Waals surface area contributed by atoms with Gasteiger partial charge in [-0.3, -0.25) is 4.90 Å². The van der Waals surface area contributed by atoms with E-state index in [1.54, 1.807) is 0 Å². The van der Waals surface area contributed by atoms with Crippen molar-refractivity contribution in [1.82, 2.24) is 4.90 Å². The van der Waals surface area contributed by atoms with Gasteiger partial charge < -0.3 is 10.1 Å². The molecule has 1 fully saturated rings. The molecule has 0 saturated carbocycles. The lowest BCUT2D eigenvalue weighted by molar-refractivity contribution is 0.0761. The first-order chi connectivity index (χ1) is 9.28. The van der Waals surface area contributed by atoms with Crippen LogP contribution < -0.4 is 5.32 Å². The molecule has 0 radical (unpaired) electrons. The van der Waals surface area contributed by atoms with Gasteiger partial charge in [0, 0.05) is 31.9 Å². The zero-order valence-corrected chi connectivity index (χ0v) is 12.2. The minimum absolute atomic E-state index is 0.458. The Labute approximate surface area is 116 Å². The van der Waals surface area contributed by atoms with E-state index in [2.05, 4.69) is 48.3 Å². The minimum Gasteiger partial charge on any atom is -0.384 e. The zero-order chi connectivity index (χ0) is 13.5. The van der Waals surface area contributed by atoms with Crippen LogP contribution in [0.4, 0.5) is 5.69 Å². The largest absolute Gasteiger partial charge is 0.384 e. The summed E-state index contributed by atoms with van der Waals surface area (Å²) in [4.78, 5) is 2.47. The highest BCUT2D eigenvalue weighted by Gasteiger charge is 2.17. The highest BCUT2D eigenvalue weighted by Crippen LogP contribution is 2.13. The number of hydrogen-bond acceptors (Lipinski definition) is 3. The number of likely N-dealkylation sites (N-methyl/N-ethyl adjacent to an activating group) is 1. The topological polar surface area (TPSA) is 24.5 Å². The van der Waals surface area contributed by atoms with Crippen LogP contribution in [0, 0.1) is 6.92 Å². The molecule has 19 heavy (non-hydrogen) atoms. The second-order valence-electron chi connectivity index (χ2n) is 5.32. The Balaban J connectivity index is 1.69. The van der Waals surface area contributed by atoms with Gasteiger partial charge in [-0.2, -0.15) is 0 Å². The lowest BCUT2D eigenvalue weighted by Gasteiger charge is -2.23. The van der Waals surface area contributed by atoms with E-state index in [0.29, 0.717) is 6.10 Å². The predicted octanol–water partition coefficient (Wildman–Crippen LogP) is 2.91. The number of anilines is 1. The van der Waals surface area contributed by atoms with Gasteiger partial charge >= 0.3 is 0 Å². The van der Waals surface area contributed by atoms with Crippen molar-refractivity contribution in [3.8, 4) is 0 Å². The summed E-state index contributed by atoms with van der Waals surface area (Å²) < 4.78 is 5.70. The van der Waals surface area contributed by atoms with Gasteiger partial charge in [0.2, 0.25) is 0 Å². The van der Waals surface area contributed by atoms with Gasteiger partial charge in [-0.1, -0.05) is 24.6 Å². The van der Waals surface area contributed by atoms with Gasteiger partial charge in [0.15, 0.2) is 0 Å². The van der Waals surface area contributed by atoms with Crippen molar-refractivity contribution in [2.24, 2.45) is 0 Å². The third-order valence-corrected chi connectivity index (χ3v) is 3.74. The first-order valence-electron chi connectivity index (χ1n) is 7.42. The zero-order valence-electron chi connectivity index (χ0n) is 12.2. The highest BCUT2D eigenvalue weighted by atomic mass is 16.5. The molecule has 0 aliphatic carbocycles. The summed E-state index contributed by atoms with van der Waals surface area (Å²) in [5.41, 5.74) is 2.51. The first kappa shape index (κ1) is 14.4. The predicted molar refractivity (Wildman–Crippen MR) is 80.8 cm³/mol. The van der Waals surface area contributed by atoms with E-state index in [1.165, 1.54) is 24.1 Å². The summed E-state index contributed by atoms with van der Waals surface area (Å²) >= 11 is 0. The summed E-state index contributed by atoms with van der Waals surface area (Å²) in [6, 6.07) is 8.58. The van der Waals surface area contributed by atoms with Crippen LogP contribution in [0.1, 0.15) is 25.3 Å². The lowest BCUT2D eigenvalue weighted by atomic mass is 10.2. The van der Waals surface area contributed by atoms with Gasteiger partial charge in [-0.25, -0.2) is 0 Å². The molecule has 0 aromatic heterocycles. The number of rotatable bonds is 7. The number of nitrogens with one attached hydrogen (secondary N) is 1. The van der Waals surface area contributed by atoms with Gasteiger partial charge in [0.05, 0.1) is 6.10 Å². The van der Waals surface area contributed by atoms with Crippen molar-refractivity contribution >= 4 is 5.69 Å². The highest BCUT2D eigenvalue weighted by molar-refractivity contribution is 5.44. The van der Waals surface area contributed by atoms with Crippen molar-refractivity contribution in [3.63, 3.8) is 0 Å². The molecule has 3 nitrogen and oxygen atoms in total. The van der Waals surface area contributed by atoms with E-state index in [0.717, 1.165) is 32.8 Å². The number of aryl methyl sites for hydroxylation is 1. The third kappa shape index (κ3) is 4.84. The maximum Gasteiger partial charge on any atom is 0.0702 e. The van der Waals surface area contributed by atoms with E-state index in [1.807, 2.05) is 0 Å². The van der Waals surface area contributed by atoms with Crippen LogP contribution >= 0.6 is 0 Å². The van der Waals surface area contributed by atoms with Gasteiger partial charge in [-0.15, -0.1) is 0 Å². The Morgan fingerprint density at radius 1 is 1.32 bits per heavy atom. The number of hydrogen-bond donors (Lipinski definition) is 1. The second-order valence-corrected chi connectivity index (χ2v) is 5.32. The molecule has 1 unspecified atom stereocenters. The normalized spacial score (nSPS) is 19.0. The Bertz CT molecular complexity index is 358. The summed E-state index contributed by atoms with van der Waals surface area (Å²) in [6.45, 7) is 9.52. The molecule has 106 valence electrons. The van der Waals surface area contributed by atoms with E-state index in [9.17, 15) is 0 Å². The fourth-order valence-corrected chi connectivity index (χ4v) is 2.48. The van der Waals surface area contributed by atoms with Crippen molar-refractivity contribution in [2.45, 2.75) is 32.8 Å². The molecule has 1 saturated heterocycles. The maximum atomic E-state index is 5.70. The molecular formula is C16H26N2O. The van der Waals surface area contributed by atoms with Crippen molar-refractivity contribution in [2.75, 3.05) is 38.1 Å². The number of ether oxygens (including phenoxy) is 1. The summed E-state index contributed by atoms with van der Waals surface area (Å²) in [5.74, 6) is 0. The van der Waals surface area contributed by atoms with E-state index >= 15 is 0 Å². The van der Waals surface area contributed by atoms with Crippen molar-refractivity contribution in [3.05, 3.63) is 29.8 Å². The molecule has 0 spiro atoms. The fourth-order valence-electron chi connectivity index (χ4n) is 2.48.